The van der Waals surface area contributed by atoms with Crippen LogP contribution in [0.15, 0.2) is 42.7 Å². The van der Waals surface area contributed by atoms with Gasteiger partial charge in [0.1, 0.15) is 13.7 Å². The number of hydrogen-bond donors (Lipinski definition) is 2. The van der Waals surface area contributed by atoms with Gasteiger partial charge in [-0.2, -0.15) is 0 Å². The number of anilines is 1. The molecule has 0 aliphatic carbocycles. The Morgan fingerprint density at radius 3 is 2.62 bits per heavy atom. The van der Waals surface area contributed by atoms with Crippen molar-refractivity contribution in [1.29, 1.82) is 0 Å². The van der Waals surface area contributed by atoms with E-state index in [0.29, 0.717) is 13.0 Å². The molecule has 29 heavy (non-hydrogen) atoms. The fourth-order valence-corrected chi connectivity index (χ4v) is 3.63. The van der Waals surface area contributed by atoms with Gasteiger partial charge in [-0.3, -0.25) is 19.4 Å². The molecule has 1 aliphatic heterocycles. The molecule has 0 bridgehead atoms. The first-order valence-electron chi connectivity index (χ1n) is 9.34. The number of aromatic nitrogens is 1. The summed E-state index contributed by atoms with van der Waals surface area (Å²) in [5, 5.41) is 2.49. The zero-order valence-electron chi connectivity index (χ0n) is 16.3. The van der Waals surface area contributed by atoms with Crippen LogP contribution in [0, 0.1) is 11.7 Å². The lowest BCUT2D eigenvalue weighted by Crippen LogP contribution is -2.57. The summed E-state index contributed by atoms with van der Waals surface area (Å²) in [5.74, 6) is -2.36. The molecule has 1 fully saturated rings. The summed E-state index contributed by atoms with van der Waals surface area (Å²) in [6, 6.07) is 7.34. The molecule has 1 aromatic heterocycles. The van der Waals surface area contributed by atoms with Crippen LogP contribution in [0.3, 0.4) is 0 Å². The van der Waals surface area contributed by atoms with Gasteiger partial charge < -0.3 is 16.0 Å². The van der Waals surface area contributed by atoms with E-state index in [9.17, 15) is 18.8 Å². The maximum absolute atomic E-state index is 13.4. The van der Waals surface area contributed by atoms with Gasteiger partial charge in [0.05, 0.1) is 17.4 Å². The van der Waals surface area contributed by atoms with Crippen LogP contribution in [0.2, 0.25) is 0 Å². The second-order valence-corrected chi connectivity index (χ2v) is 7.62. The summed E-state index contributed by atoms with van der Waals surface area (Å²) in [5.41, 5.74) is 5.58. The highest BCUT2D eigenvalue weighted by Crippen LogP contribution is 2.37. The molecule has 9 heteroatoms. The number of carbonyl (C=O) groups excluding carboxylic acids is 3. The van der Waals surface area contributed by atoms with E-state index in [0.717, 1.165) is 12.0 Å². The number of nitrogens with two attached hydrogens (primary N) is 1. The molecule has 3 amide bonds. The average molecular weight is 396 g/mol. The molecule has 1 aliphatic rings. The Labute approximate surface area is 168 Å². The van der Waals surface area contributed by atoms with Gasteiger partial charge in [0.15, 0.2) is 0 Å². The summed E-state index contributed by atoms with van der Waals surface area (Å²) < 4.78 is 13.4. The number of piperidine rings is 1. The van der Waals surface area contributed by atoms with Crippen molar-refractivity contribution in [2.24, 2.45) is 11.7 Å². The SMILES string of the molecule is B[C@@]1(c2ccc(F)cc2)CC[C@@H](C)CN1C(=O)C(=O)Nc1cncc(C(N)=O)c1. The average Bonchev–Trinajstić information content (AvgIpc) is 2.70. The van der Waals surface area contributed by atoms with Gasteiger partial charge in [-0.1, -0.05) is 19.1 Å². The third-order valence-corrected chi connectivity index (χ3v) is 5.40. The molecular weight excluding hydrogens is 374 g/mol. The molecule has 3 rings (SSSR count). The fourth-order valence-electron chi connectivity index (χ4n) is 3.63. The van der Waals surface area contributed by atoms with Gasteiger partial charge in [-0.15, -0.1) is 0 Å². The smallest absolute Gasteiger partial charge is 0.313 e. The molecule has 2 heterocycles. The Morgan fingerprint density at radius 1 is 1.28 bits per heavy atom. The van der Waals surface area contributed by atoms with Crippen LogP contribution in [0.4, 0.5) is 10.1 Å². The van der Waals surface area contributed by atoms with Crippen LogP contribution < -0.4 is 11.1 Å². The van der Waals surface area contributed by atoms with E-state index < -0.39 is 23.2 Å². The van der Waals surface area contributed by atoms with E-state index in [-0.39, 0.29) is 23.0 Å². The normalized spacial score (nSPS) is 21.4. The number of nitrogens with zero attached hydrogens (tertiary/aromatic N) is 2. The number of hydrogen-bond acceptors (Lipinski definition) is 4. The molecule has 150 valence electrons. The third kappa shape index (κ3) is 4.28. The van der Waals surface area contributed by atoms with Crippen molar-refractivity contribution in [3.8, 4) is 0 Å². The lowest BCUT2D eigenvalue weighted by molar-refractivity contribution is -0.148. The largest absolute Gasteiger partial charge is 0.366 e. The first kappa shape index (κ1) is 20.5. The van der Waals surface area contributed by atoms with Gasteiger partial charge in [0, 0.05) is 18.2 Å². The highest BCUT2D eigenvalue weighted by molar-refractivity contribution is 6.40. The van der Waals surface area contributed by atoms with Crippen LogP contribution in [0.5, 0.6) is 0 Å². The van der Waals surface area contributed by atoms with Crippen LogP contribution in [0.1, 0.15) is 35.7 Å². The standard InChI is InChI=1S/C20H22BFN4O3/c1-12-6-7-20(21,14-2-4-15(22)5-3-14)26(11-12)19(29)18(28)25-16-8-13(17(23)27)9-24-10-16/h2-5,8-10,12H,6-7,11,21H2,1H3,(H2,23,27)(H,25,28)/t12-,20+/m1/s1. The number of primary amides is 1. The predicted octanol–water partition coefficient (Wildman–Crippen LogP) is 1.00. The zero-order chi connectivity index (χ0) is 21.2. The molecule has 0 radical (unpaired) electrons. The van der Waals surface area contributed by atoms with Crippen LogP contribution in [0.25, 0.3) is 0 Å². The lowest BCUT2D eigenvalue weighted by atomic mass is 9.64. The topological polar surface area (TPSA) is 105 Å². The highest BCUT2D eigenvalue weighted by atomic mass is 19.1. The first-order valence-corrected chi connectivity index (χ1v) is 9.34. The van der Waals surface area contributed by atoms with E-state index >= 15 is 0 Å². The Kier molecular flexibility index (Phi) is 5.67. The number of rotatable bonds is 3. The van der Waals surface area contributed by atoms with Crippen LogP contribution in [-0.4, -0.2) is 42.0 Å². The Hall–Kier alpha value is -3.23. The van der Waals surface area contributed by atoms with Gasteiger partial charge in [0.2, 0.25) is 5.91 Å². The highest BCUT2D eigenvalue weighted by Gasteiger charge is 2.42. The lowest BCUT2D eigenvalue weighted by Gasteiger charge is -2.47. The second-order valence-electron chi connectivity index (χ2n) is 7.62. The molecule has 0 unspecified atom stereocenters. The molecule has 1 saturated heterocycles. The van der Waals surface area contributed by atoms with Gasteiger partial charge in [0.25, 0.3) is 0 Å². The Balaban J connectivity index is 1.85. The number of likely N-dealkylation sites (tertiary alicyclic amines) is 1. The minimum Gasteiger partial charge on any atom is -0.366 e. The molecular formula is C20H22BFN4O3. The van der Waals surface area contributed by atoms with Crippen molar-refractivity contribution < 1.29 is 18.8 Å². The van der Waals surface area contributed by atoms with E-state index in [1.165, 1.54) is 35.5 Å². The Morgan fingerprint density at radius 2 is 1.97 bits per heavy atom. The number of carbonyl (C=O) groups is 3. The maximum Gasteiger partial charge on any atom is 0.313 e. The quantitative estimate of drug-likeness (QED) is 0.597. The maximum atomic E-state index is 13.4. The van der Waals surface area contributed by atoms with E-state index in [1.54, 1.807) is 12.1 Å². The van der Waals surface area contributed by atoms with E-state index in [4.69, 9.17) is 5.73 Å². The van der Waals surface area contributed by atoms with Crippen LogP contribution in [-0.2, 0) is 15.0 Å². The van der Waals surface area contributed by atoms with Gasteiger partial charge >= 0.3 is 11.8 Å². The zero-order valence-corrected chi connectivity index (χ0v) is 16.3. The van der Waals surface area contributed by atoms with Gasteiger partial charge in [-0.05, 0) is 42.5 Å². The van der Waals surface area contributed by atoms with Crippen molar-refractivity contribution >= 4 is 31.3 Å². The fraction of sp³-hybridized carbons (Fsp3) is 0.300. The molecule has 0 spiro atoms. The van der Waals surface area contributed by atoms with Crippen molar-refractivity contribution in [3.63, 3.8) is 0 Å². The number of benzene rings is 1. The van der Waals surface area contributed by atoms with E-state index in [1.807, 2.05) is 14.8 Å². The number of halogens is 1. The van der Waals surface area contributed by atoms with Gasteiger partial charge in [-0.25, -0.2) is 4.39 Å². The van der Waals surface area contributed by atoms with E-state index in [2.05, 4.69) is 10.3 Å². The molecule has 2 aromatic rings. The minimum atomic E-state index is -0.837. The third-order valence-electron chi connectivity index (χ3n) is 5.40. The molecule has 0 saturated carbocycles. The molecule has 7 nitrogen and oxygen atoms in total. The number of nitrogens with one attached hydrogen (secondary N) is 1. The molecule has 3 N–H and O–H groups in total. The van der Waals surface area contributed by atoms with Crippen molar-refractivity contribution in [2.75, 3.05) is 11.9 Å². The van der Waals surface area contributed by atoms with Crippen molar-refractivity contribution in [2.45, 2.75) is 25.2 Å². The minimum absolute atomic E-state index is 0.123. The summed E-state index contributed by atoms with van der Waals surface area (Å²) in [6.07, 6.45) is 4.13. The van der Waals surface area contributed by atoms with Crippen LogP contribution >= 0.6 is 0 Å². The van der Waals surface area contributed by atoms with Crippen molar-refractivity contribution in [1.82, 2.24) is 9.88 Å². The second kappa shape index (κ2) is 8.02. The summed E-state index contributed by atoms with van der Waals surface area (Å²) in [7, 11) is 1.88. The summed E-state index contributed by atoms with van der Waals surface area (Å²) in [4.78, 5) is 42.4. The summed E-state index contributed by atoms with van der Waals surface area (Å²) >= 11 is 0. The first-order chi connectivity index (χ1) is 13.7. The van der Waals surface area contributed by atoms with Crippen molar-refractivity contribution in [3.05, 3.63) is 59.7 Å². The Bertz CT molecular complexity index is 953. The number of amides is 3. The summed E-state index contributed by atoms with van der Waals surface area (Å²) in [6.45, 7) is 2.42. The molecule has 1 aromatic carbocycles. The monoisotopic (exact) mass is 396 g/mol. The molecule has 2 atom stereocenters. The number of pyridine rings is 1. The predicted molar refractivity (Wildman–Crippen MR) is 108 cm³/mol.